The Morgan fingerprint density at radius 2 is 1.97 bits per heavy atom. The highest BCUT2D eigenvalue weighted by Crippen LogP contribution is 2.45. The Labute approximate surface area is 197 Å². The fraction of sp³-hybridized carbons (Fsp3) is 0.0833. The van der Waals surface area contributed by atoms with Crippen LogP contribution in [0, 0.1) is 0 Å². The Morgan fingerprint density at radius 1 is 1.15 bits per heavy atom. The van der Waals surface area contributed by atoms with E-state index in [0.29, 0.717) is 27.0 Å². The van der Waals surface area contributed by atoms with Crippen LogP contribution < -0.4 is 9.64 Å². The van der Waals surface area contributed by atoms with Gasteiger partial charge in [-0.2, -0.15) is 0 Å². The lowest BCUT2D eigenvalue weighted by Crippen LogP contribution is -2.29. The van der Waals surface area contributed by atoms with Gasteiger partial charge in [0.25, 0.3) is 5.78 Å². The molecule has 1 aliphatic rings. The summed E-state index contributed by atoms with van der Waals surface area (Å²) in [5.74, 6) is -1.69. The Bertz CT molecular complexity index is 1400. The monoisotopic (exact) mass is 477 g/mol. The maximum Gasteiger partial charge on any atom is 0.301 e. The minimum Gasteiger partial charge on any atom is -0.507 e. The van der Waals surface area contributed by atoms with Gasteiger partial charge in [0.2, 0.25) is 0 Å². The fourth-order valence-corrected chi connectivity index (χ4v) is 5.02. The number of benzene rings is 2. The largest absolute Gasteiger partial charge is 0.507 e. The first-order chi connectivity index (χ1) is 16.0. The van der Waals surface area contributed by atoms with Crippen LogP contribution in [0.5, 0.6) is 5.75 Å². The number of ether oxygens (including phenoxy) is 1. The van der Waals surface area contributed by atoms with Gasteiger partial charge < -0.3 is 9.84 Å². The summed E-state index contributed by atoms with van der Waals surface area (Å²) in [4.78, 5) is 36.5. The molecule has 0 saturated carbocycles. The molecule has 0 aliphatic carbocycles. The Kier molecular flexibility index (Phi) is 5.32. The van der Waals surface area contributed by atoms with E-state index in [-0.39, 0.29) is 16.9 Å². The summed E-state index contributed by atoms with van der Waals surface area (Å²) in [7, 11) is 1.44. The van der Waals surface area contributed by atoms with Crippen molar-refractivity contribution in [2.45, 2.75) is 6.04 Å². The number of anilines is 1. The Morgan fingerprint density at radius 3 is 2.70 bits per heavy atom. The quantitative estimate of drug-likeness (QED) is 0.253. The molecule has 9 heteroatoms. The summed E-state index contributed by atoms with van der Waals surface area (Å²) in [6.45, 7) is 0. The van der Waals surface area contributed by atoms with Crippen LogP contribution in [-0.4, -0.2) is 33.9 Å². The molecule has 0 spiro atoms. The highest BCUT2D eigenvalue weighted by molar-refractivity contribution is 7.22. The van der Waals surface area contributed by atoms with Gasteiger partial charge in [-0.15, -0.1) is 0 Å². The third-order valence-electron chi connectivity index (χ3n) is 5.35. The number of rotatable bonds is 4. The molecule has 3 heterocycles. The molecule has 1 aliphatic heterocycles. The number of aromatic nitrogens is 2. The molecular weight excluding hydrogens is 462 g/mol. The van der Waals surface area contributed by atoms with E-state index in [4.69, 9.17) is 16.3 Å². The second-order valence-corrected chi connectivity index (χ2v) is 8.71. The fourth-order valence-electron chi connectivity index (χ4n) is 3.86. The molecule has 1 amide bonds. The summed E-state index contributed by atoms with van der Waals surface area (Å²) in [5.41, 5.74) is 1.38. The van der Waals surface area contributed by atoms with Crippen molar-refractivity contribution >= 4 is 55.7 Å². The standard InChI is InChI=1S/C24H16ClN3O4S/c1-32-17-9-8-14(25)11-15(17)21(29)19-20(13-5-4-10-26-12-13)28(23(31)22(19)30)24-27-16-6-2-3-7-18(16)33-24/h2-12,20,29H,1H3/b21-19+. The molecule has 164 valence electrons. The summed E-state index contributed by atoms with van der Waals surface area (Å²) >= 11 is 7.43. The van der Waals surface area contributed by atoms with Gasteiger partial charge >= 0.3 is 5.91 Å². The first-order valence-electron chi connectivity index (χ1n) is 9.90. The first kappa shape index (κ1) is 21.1. The van der Waals surface area contributed by atoms with Crippen molar-refractivity contribution < 1.29 is 19.4 Å². The van der Waals surface area contributed by atoms with Gasteiger partial charge in [0.05, 0.1) is 34.5 Å². The topological polar surface area (TPSA) is 92.6 Å². The van der Waals surface area contributed by atoms with E-state index in [9.17, 15) is 14.7 Å². The lowest BCUT2D eigenvalue weighted by molar-refractivity contribution is -0.132. The molecule has 1 atom stereocenters. The number of Topliss-reactive ketones (excluding diaryl/α,β-unsaturated/α-hetero) is 1. The Hall–Kier alpha value is -3.75. The highest BCUT2D eigenvalue weighted by Gasteiger charge is 2.48. The second-order valence-electron chi connectivity index (χ2n) is 7.26. The molecule has 2 aromatic heterocycles. The predicted octanol–water partition coefficient (Wildman–Crippen LogP) is 4.98. The van der Waals surface area contributed by atoms with Gasteiger partial charge in [-0.3, -0.25) is 19.5 Å². The van der Waals surface area contributed by atoms with Gasteiger partial charge in [-0.05, 0) is 42.0 Å². The minimum atomic E-state index is -0.928. The number of aliphatic hydroxyl groups is 1. The molecule has 0 bridgehead atoms. The molecule has 4 aromatic rings. The zero-order valence-corrected chi connectivity index (χ0v) is 18.8. The minimum absolute atomic E-state index is 0.0900. The van der Waals surface area contributed by atoms with Gasteiger partial charge in [-0.25, -0.2) is 4.98 Å². The van der Waals surface area contributed by atoms with Crippen LogP contribution in [0.1, 0.15) is 17.2 Å². The SMILES string of the molecule is COc1ccc(Cl)cc1/C(O)=C1\C(=O)C(=O)N(c2nc3ccccc3s2)C1c1cccnc1. The van der Waals surface area contributed by atoms with Gasteiger partial charge in [-0.1, -0.05) is 41.1 Å². The maximum atomic E-state index is 13.3. The van der Waals surface area contributed by atoms with Crippen LogP contribution in [0.2, 0.25) is 5.02 Å². The van der Waals surface area contributed by atoms with E-state index in [1.54, 1.807) is 36.7 Å². The number of aliphatic hydroxyl groups excluding tert-OH is 1. The summed E-state index contributed by atoms with van der Waals surface area (Å²) in [5, 5.41) is 12.0. The zero-order valence-electron chi connectivity index (χ0n) is 17.2. The number of hydrogen-bond acceptors (Lipinski definition) is 7. The number of ketones is 1. The van der Waals surface area contributed by atoms with Crippen LogP contribution in [0.4, 0.5) is 5.13 Å². The lowest BCUT2D eigenvalue weighted by Gasteiger charge is -2.22. The summed E-state index contributed by atoms with van der Waals surface area (Å²) < 4.78 is 6.22. The van der Waals surface area contributed by atoms with Crippen LogP contribution in [0.3, 0.4) is 0 Å². The van der Waals surface area contributed by atoms with Crippen molar-refractivity contribution in [1.29, 1.82) is 0 Å². The number of amides is 1. The Balaban J connectivity index is 1.76. The summed E-state index contributed by atoms with van der Waals surface area (Å²) in [6.07, 6.45) is 3.15. The number of thiazole rings is 1. The number of pyridine rings is 1. The lowest BCUT2D eigenvalue weighted by atomic mass is 9.96. The third-order valence-corrected chi connectivity index (χ3v) is 6.62. The highest BCUT2D eigenvalue weighted by atomic mass is 35.5. The number of carbonyl (C=O) groups is 2. The molecule has 7 nitrogen and oxygen atoms in total. The van der Waals surface area contributed by atoms with E-state index >= 15 is 0 Å². The van der Waals surface area contributed by atoms with Crippen molar-refractivity contribution in [3.63, 3.8) is 0 Å². The van der Waals surface area contributed by atoms with Gasteiger partial charge in [0, 0.05) is 17.4 Å². The van der Waals surface area contributed by atoms with E-state index < -0.39 is 17.7 Å². The number of hydrogen-bond donors (Lipinski definition) is 1. The van der Waals surface area contributed by atoms with Crippen molar-refractivity contribution in [2.24, 2.45) is 0 Å². The molecule has 1 N–H and O–H groups in total. The number of methoxy groups -OCH3 is 1. The smallest absolute Gasteiger partial charge is 0.301 e. The van der Waals surface area contributed by atoms with Crippen molar-refractivity contribution in [2.75, 3.05) is 12.0 Å². The van der Waals surface area contributed by atoms with E-state index in [0.717, 1.165) is 4.70 Å². The third kappa shape index (κ3) is 3.53. The predicted molar refractivity (Wildman–Crippen MR) is 127 cm³/mol. The number of halogens is 1. The van der Waals surface area contributed by atoms with Crippen LogP contribution in [0.15, 0.2) is 72.6 Å². The number of fused-ring (bicyclic) bond motifs is 1. The first-order valence-corrected chi connectivity index (χ1v) is 11.1. The van der Waals surface area contributed by atoms with Crippen LogP contribution in [-0.2, 0) is 9.59 Å². The van der Waals surface area contributed by atoms with Crippen LogP contribution in [0.25, 0.3) is 16.0 Å². The number of nitrogens with zero attached hydrogens (tertiary/aromatic N) is 3. The number of carbonyl (C=O) groups excluding carboxylic acids is 2. The molecule has 33 heavy (non-hydrogen) atoms. The molecule has 5 rings (SSSR count). The molecule has 1 fully saturated rings. The second kappa shape index (κ2) is 8.31. The summed E-state index contributed by atoms with van der Waals surface area (Å²) in [6, 6.07) is 14.6. The van der Waals surface area contributed by atoms with Crippen molar-refractivity contribution in [3.05, 3.63) is 88.7 Å². The van der Waals surface area contributed by atoms with Gasteiger partial charge in [0.15, 0.2) is 5.13 Å². The molecule has 1 saturated heterocycles. The van der Waals surface area contributed by atoms with E-state index in [2.05, 4.69) is 9.97 Å². The van der Waals surface area contributed by atoms with Crippen molar-refractivity contribution in [3.8, 4) is 5.75 Å². The number of para-hydroxylation sites is 1. The van der Waals surface area contributed by atoms with E-state index in [1.807, 2.05) is 24.3 Å². The molecule has 1 unspecified atom stereocenters. The van der Waals surface area contributed by atoms with E-state index in [1.165, 1.54) is 29.4 Å². The van der Waals surface area contributed by atoms with Gasteiger partial charge in [0.1, 0.15) is 11.5 Å². The molecule has 0 radical (unpaired) electrons. The maximum absolute atomic E-state index is 13.3. The average molecular weight is 478 g/mol. The van der Waals surface area contributed by atoms with Crippen molar-refractivity contribution in [1.82, 2.24) is 9.97 Å². The zero-order chi connectivity index (χ0) is 23.1. The average Bonchev–Trinajstić information content (AvgIpc) is 3.37. The molecular formula is C24H16ClN3O4S. The van der Waals surface area contributed by atoms with Crippen LogP contribution >= 0.6 is 22.9 Å². The normalized spacial score (nSPS) is 17.6. The molecule has 2 aromatic carbocycles.